The van der Waals surface area contributed by atoms with Crippen LogP contribution in [0.1, 0.15) is 51.7 Å². The Hall–Kier alpha value is -2.98. The zero-order chi connectivity index (χ0) is 23.0. The average Bonchev–Trinajstić information content (AvgIpc) is 3.32. The molecule has 0 aliphatic carbocycles. The first kappa shape index (κ1) is 24.3. The summed E-state index contributed by atoms with van der Waals surface area (Å²) in [7, 11) is 0. The fourth-order valence-electron chi connectivity index (χ4n) is 3.69. The Morgan fingerprint density at radius 3 is 2.48 bits per heavy atom. The Morgan fingerprint density at radius 1 is 1.19 bits per heavy atom. The van der Waals surface area contributed by atoms with Gasteiger partial charge in [0.25, 0.3) is 6.47 Å². The SMILES string of the molecule is CC(C)Cc1nc(CN2C(=O)CN(CCCN3CCCC3=O)C(=O)[C@@H]2C)no1.O=CO. The van der Waals surface area contributed by atoms with Crippen molar-refractivity contribution in [3.63, 3.8) is 0 Å². The van der Waals surface area contributed by atoms with E-state index in [1.807, 2.05) is 4.90 Å². The molecule has 2 fully saturated rings. The van der Waals surface area contributed by atoms with Crippen LogP contribution in [0.5, 0.6) is 0 Å². The molecule has 1 N–H and O–H groups in total. The van der Waals surface area contributed by atoms with Gasteiger partial charge in [0.2, 0.25) is 23.6 Å². The number of carboxylic acid groups (broad SMARTS) is 1. The zero-order valence-corrected chi connectivity index (χ0v) is 18.3. The highest BCUT2D eigenvalue weighted by Crippen LogP contribution is 2.17. The molecule has 0 unspecified atom stereocenters. The second kappa shape index (κ2) is 11.4. The summed E-state index contributed by atoms with van der Waals surface area (Å²) in [6.07, 6.45) is 2.88. The largest absolute Gasteiger partial charge is 0.483 e. The third-order valence-corrected chi connectivity index (χ3v) is 5.22. The highest BCUT2D eigenvalue weighted by molar-refractivity contribution is 5.94. The third-order valence-electron chi connectivity index (χ3n) is 5.22. The summed E-state index contributed by atoms with van der Waals surface area (Å²) in [5.41, 5.74) is 0. The maximum atomic E-state index is 12.7. The van der Waals surface area contributed by atoms with Crippen molar-refractivity contribution in [2.24, 2.45) is 5.92 Å². The van der Waals surface area contributed by atoms with Gasteiger partial charge in [-0.05, 0) is 25.7 Å². The first-order valence-electron chi connectivity index (χ1n) is 10.5. The van der Waals surface area contributed by atoms with E-state index in [0.29, 0.717) is 50.0 Å². The minimum Gasteiger partial charge on any atom is -0.483 e. The van der Waals surface area contributed by atoms with E-state index in [2.05, 4.69) is 24.0 Å². The van der Waals surface area contributed by atoms with Gasteiger partial charge in [0, 0.05) is 32.5 Å². The number of carbonyl (C=O) groups is 4. The molecule has 1 aromatic heterocycles. The summed E-state index contributed by atoms with van der Waals surface area (Å²) in [5.74, 6) is 1.33. The van der Waals surface area contributed by atoms with Gasteiger partial charge in [-0.3, -0.25) is 19.2 Å². The number of likely N-dealkylation sites (tertiary alicyclic amines) is 1. The standard InChI is InChI=1S/C19H29N5O4.CH2O2/c1-13(2)10-16-20-15(21-28-16)11-24-14(3)19(27)23(12-18(24)26)9-5-8-22-7-4-6-17(22)25;2-1-3/h13-14H,4-12H2,1-3H3;1H,(H,2,3)/t14-;/m0./s1. The van der Waals surface area contributed by atoms with Crippen LogP contribution >= 0.6 is 0 Å². The highest BCUT2D eigenvalue weighted by atomic mass is 16.5. The summed E-state index contributed by atoms with van der Waals surface area (Å²) in [5, 5.41) is 10.8. The van der Waals surface area contributed by atoms with E-state index in [-0.39, 0.29) is 37.3 Å². The van der Waals surface area contributed by atoms with Gasteiger partial charge in [0.1, 0.15) is 6.04 Å². The van der Waals surface area contributed by atoms with Crippen molar-refractivity contribution in [3.8, 4) is 0 Å². The minimum absolute atomic E-state index is 0.0494. The number of carbonyl (C=O) groups excluding carboxylic acids is 3. The summed E-state index contributed by atoms with van der Waals surface area (Å²) >= 11 is 0. The molecule has 11 heteroatoms. The molecule has 1 atom stereocenters. The molecule has 3 heterocycles. The van der Waals surface area contributed by atoms with Gasteiger partial charge >= 0.3 is 0 Å². The first-order valence-corrected chi connectivity index (χ1v) is 10.5. The molecule has 31 heavy (non-hydrogen) atoms. The molecule has 2 saturated heterocycles. The maximum absolute atomic E-state index is 12.7. The van der Waals surface area contributed by atoms with Gasteiger partial charge in [-0.25, -0.2) is 0 Å². The average molecular weight is 437 g/mol. The number of nitrogens with zero attached hydrogens (tertiary/aromatic N) is 5. The van der Waals surface area contributed by atoms with Crippen LogP contribution in [-0.4, -0.2) is 86.4 Å². The maximum Gasteiger partial charge on any atom is 0.290 e. The number of aromatic nitrogens is 2. The van der Waals surface area contributed by atoms with Gasteiger partial charge in [0.05, 0.1) is 13.1 Å². The van der Waals surface area contributed by atoms with Crippen molar-refractivity contribution >= 4 is 24.2 Å². The van der Waals surface area contributed by atoms with E-state index < -0.39 is 6.04 Å². The van der Waals surface area contributed by atoms with Crippen molar-refractivity contribution in [3.05, 3.63) is 11.7 Å². The van der Waals surface area contributed by atoms with Gasteiger partial charge in [-0.15, -0.1) is 0 Å². The molecular weight excluding hydrogens is 406 g/mol. The van der Waals surface area contributed by atoms with Gasteiger partial charge in [-0.2, -0.15) is 4.98 Å². The molecule has 2 aliphatic rings. The lowest BCUT2D eigenvalue weighted by molar-refractivity contribution is -0.155. The number of hydrogen-bond donors (Lipinski definition) is 1. The number of amides is 3. The predicted molar refractivity (Wildman–Crippen MR) is 109 cm³/mol. The van der Waals surface area contributed by atoms with E-state index >= 15 is 0 Å². The van der Waals surface area contributed by atoms with E-state index in [1.54, 1.807) is 11.8 Å². The Balaban J connectivity index is 0.00000107. The second-order valence-corrected chi connectivity index (χ2v) is 8.10. The molecule has 1 aromatic rings. The molecule has 0 aromatic carbocycles. The lowest BCUT2D eigenvalue weighted by atomic mass is 10.1. The van der Waals surface area contributed by atoms with Gasteiger partial charge in [-0.1, -0.05) is 19.0 Å². The topological polar surface area (TPSA) is 137 Å². The number of piperazine rings is 1. The lowest BCUT2D eigenvalue weighted by Gasteiger charge is -2.38. The normalized spacial score (nSPS) is 19.2. The molecule has 2 aliphatic heterocycles. The Labute approximate surface area is 181 Å². The lowest BCUT2D eigenvalue weighted by Crippen LogP contribution is -2.58. The number of hydrogen-bond acceptors (Lipinski definition) is 7. The molecular formula is C20H31N5O6. The third kappa shape index (κ3) is 6.76. The molecule has 3 rings (SSSR count). The van der Waals surface area contributed by atoms with Crippen molar-refractivity contribution in [2.45, 2.75) is 59.0 Å². The fourth-order valence-corrected chi connectivity index (χ4v) is 3.69. The van der Waals surface area contributed by atoms with E-state index in [9.17, 15) is 14.4 Å². The molecule has 0 saturated carbocycles. The Kier molecular flexibility index (Phi) is 8.95. The summed E-state index contributed by atoms with van der Waals surface area (Å²) < 4.78 is 5.22. The molecule has 0 spiro atoms. The Morgan fingerprint density at radius 2 is 1.87 bits per heavy atom. The first-order chi connectivity index (χ1) is 14.8. The van der Waals surface area contributed by atoms with Gasteiger partial charge < -0.3 is 24.3 Å². The molecule has 172 valence electrons. The summed E-state index contributed by atoms with van der Waals surface area (Å²) in [6.45, 7) is 7.73. The fraction of sp³-hybridized carbons (Fsp3) is 0.700. The predicted octanol–water partition coefficient (Wildman–Crippen LogP) is 0.541. The van der Waals surface area contributed by atoms with Crippen LogP contribution in [0.15, 0.2) is 4.52 Å². The van der Waals surface area contributed by atoms with E-state index in [4.69, 9.17) is 14.4 Å². The van der Waals surface area contributed by atoms with Crippen molar-refractivity contribution in [1.82, 2.24) is 24.8 Å². The minimum atomic E-state index is -0.568. The zero-order valence-electron chi connectivity index (χ0n) is 18.3. The van der Waals surface area contributed by atoms with Crippen LogP contribution in [0.3, 0.4) is 0 Å². The highest BCUT2D eigenvalue weighted by Gasteiger charge is 2.37. The van der Waals surface area contributed by atoms with Crippen LogP contribution in [0.4, 0.5) is 0 Å². The smallest absolute Gasteiger partial charge is 0.290 e. The summed E-state index contributed by atoms with van der Waals surface area (Å²) in [4.78, 5) is 54.6. The van der Waals surface area contributed by atoms with Crippen LogP contribution < -0.4 is 0 Å². The van der Waals surface area contributed by atoms with Crippen molar-refractivity contribution < 1.29 is 28.8 Å². The monoisotopic (exact) mass is 437 g/mol. The molecule has 3 amide bonds. The Bertz CT molecular complexity index is 780. The van der Waals surface area contributed by atoms with Crippen molar-refractivity contribution in [2.75, 3.05) is 26.2 Å². The van der Waals surface area contributed by atoms with E-state index in [0.717, 1.165) is 13.0 Å². The van der Waals surface area contributed by atoms with Crippen LogP contribution in [0.25, 0.3) is 0 Å². The molecule has 0 bridgehead atoms. The van der Waals surface area contributed by atoms with Crippen molar-refractivity contribution in [1.29, 1.82) is 0 Å². The number of rotatable bonds is 8. The van der Waals surface area contributed by atoms with Crippen LogP contribution in [0, 0.1) is 5.92 Å². The second-order valence-electron chi connectivity index (χ2n) is 8.10. The summed E-state index contributed by atoms with van der Waals surface area (Å²) in [6, 6.07) is -0.568. The van der Waals surface area contributed by atoms with Crippen LogP contribution in [0.2, 0.25) is 0 Å². The van der Waals surface area contributed by atoms with Crippen LogP contribution in [-0.2, 0) is 32.1 Å². The quantitative estimate of drug-likeness (QED) is 0.582. The van der Waals surface area contributed by atoms with Gasteiger partial charge in [0.15, 0.2) is 5.82 Å². The van der Waals surface area contributed by atoms with E-state index in [1.165, 1.54) is 4.90 Å². The molecule has 0 radical (unpaired) electrons. The molecule has 11 nitrogen and oxygen atoms in total.